The summed E-state index contributed by atoms with van der Waals surface area (Å²) in [6.07, 6.45) is 0.680. The van der Waals surface area contributed by atoms with E-state index in [2.05, 4.69) is 46.1 Å². The molecule has 1 amide bonds. The van der Waals surface area contributed by atoms with E-state index in [-0.39, 0.29) is 12.1 Å². The number of carbonyl (C=O) groups is 1. The zero-order valence-corrected chi connectivity index (χ0v) is 20.0. The fourth-order valence-corrected chi connectivity index (χ4v) is 5.06. The molecule has 1 N–H and O–H groups in total. The minimum atomic E-state index is -0.239. The van der Waals surface area contributed by atoms with Crippen LogP contribution >= 0.6 is 0 Å². The minimum absolute atomic E-state index is 0.0796. The maximum atomic E-state index is 13.6. The summed E-state index contributed by atoms with van der Waals surface area (Å²) >= 11 is 0. The van der Waals surface area contributed by atoms with E-state index >= 15 is 0 Å². The van der Waals surface area contributed by atoms with Gasteiger partial charge < -0.3 is 15.0 Å². The van der Waals surface area contributed by atoms with Gasteiger partial charge in [-0.3, -0.25) is 14.4 Å². The van der Waals surface area contributed by atoms with Crippen molar-refractivity contribution in [3.63, 3.8) is 0 Å². The number of aryl methyl sites for hydroxylation is 1. The van der Waals surface area contributed by atoms with Gasteiger partial charge in [-0.05, 0) is 38.0 Å². The number of aromatic nitrogens is 2. The van der Waals surface area contributed by atoms with Crippen molar-refractivity contribution in [3.05, 3.63) is 82.7 Å². The average Bonchev–Trinajstić information content (AvgIpc) is 3.14. The van der Waals surface area contributed by atoms with Crippen molar-refractivity contribution < 1.29 is 9.53 Å². The number of fused-ring (bicyclic) bond motifs is 1. The Bertz CT molecular complexity index is 1140. The Morgan fingerprint density at radius 1 is 1.00 bits per heavy atom. The molecule has 1 fully saturated rings. The molecule has 2 aliphatic heterocycles. The van der Waals surface area contributed by atoms with Crippen LogP contribution in [0.1, 0.15) is 45.5 Å². The van der Waals surface area contributed by atoms with Crippen LogP contribution in [0.4, 0.5) is 5.69 Å². The van der Waals surface area contributed by atoms with Crippen molar-refractivity contribution in [1.29, 1.82) is 0 Å². The number of nitrogens with zero attached hydrogens (tertiary/aromatic N) is 4. The van der Waals surface area contributed by atoms with Crippen LogP contribution in [0.3, 0.4) is 0 Å². The number of morpholine rings is 1. The molecule has 34 heavy (non-hydrogen) atoms. The minimum Gasteiger partial charge on any atom is -0.379 e. The van der Waals surface area contributed by atoms with Gasteiger partial charge in [-0.2, -0.15) is 5.10 Å². The van der Waals surface area contributed by atoms with Crippen molar-refractivity contribution in [2.75, 3.05) is 44.7 Å². The molecule has 1 aromatic heterocycles. The number of amides is 1. The highest BCUT2D eigenvalue weighted by Crippen LogP contribution is 2.36. The van der Waals surface area contributed by atoms with E-state index < -0.39 is 0 Å². The summed E-state index contributed by atoms with van der Waals surface area (Å²) in [5.74, 6) is 0.0796. The molecule has 0 bridgehead atoms. The van der Waals surface area contributed by atoms with Crippen molar-refractivity contribution in [2.45, 2.75) is 33.0 Å². The number of ether oxygens (including phenoxy) is 1. The summed E-state index contributed by atoms with van der Waals surface area (Å²) in [5, 5.41) is 8.53. The van der Waals surface area contributed by atoms with Crippen molar-refractivity contribution >= 4 is 11.6 Å². The lowest BCUT2D eigenvalue weighted by Crippen LogP contribution is -2.45. The first-order valence-electron chi connectivity index (χ1n) is 12.2. The van der Waals surface area contributed by atoms with Gasteiger partial charge in [0.25, 0.3) is 5.91 Å². The molecular weight excluding hydrogens is 426 g/mol. The third kappa shape index (κ3) is 4.58. The van der Waals surface area contributed by atoms with Crippen LogP contribution in [0.15, 0.2) is 54.6 Å². The number of nitrogens with one attached hydrogen (secondary N) is 1. The van der Waals surface area contributed by atoms with Gasteiger partial charge >= 0.3 is 0 Å². The van der Waals surface area contributed by atoms with Gasteiger partial charge in [0.15, 0.2) is 0 Å². The molecule has 2 aliphatic rings. The number of carbonyl (C=O) groups excluding carboxylic acids is 1. The maximum Gasteiger partial charge on any atom is 0.257 e. The summed E-state index contributed by atoms with van der Waals surface area (Å²) < 4.78 is 7.53. The standard InChI is InChI=1S/C27H33N5O2/c1-20-25(21(2)32(29-20)19-22-9-4-3-5-10-22)26-28-24-12-7-6-11-23(24)27(33)31(26)14-8-13-30-15-17-34-18-16-30/h3-7,9-12,26,28H,8,13-19H2,1-2H3/t26-/m1/s1. The summed E-state index contributed by atoms with van der Waals surface area (Å²) in [6, 6.07) is 18.2. The number of hydrogen-bond donors (Lipinski definition) is 1. The van der Waals surface area contributed by atoms with Gasteiger partial charge in [-0.1, -0.05) is 42.5 Å². The monoisotopic (exact) mass is 459 g/mol. The van der Waals surface area contributed by atoms with Crippen molar-refractivity contribution in [3.8, 4) is 0 Å². The highest BCUT2D eigenvalue weighted by atomic mass is 16.5. The first-order chi connectivity index (χ1) is 16.6. The Hall–Kier alpha value is -3.16. The lowest BCUT2D eigenvalue weighted by molar-refractivity contribution is 0.0348. The van der Waals surface area contributed by atoms with Gasteiger partial charge in [0, 0.05) is 43.1 Å². The number of anilines is 1. The average molecular weight is 460 g/mol. The molecule has 0 spiro atoms. The van der Waals surface area contributed by atoms with E-state index in [1.54, 1.807) is 0 Å². The molecule has 0 radical (unpaired) electrons. The van der Waals surface area contributed by atoms with Crippen LogP contribution in [0.2, 0.25) is 0 Å². The Morgan fingerprint density at radius 2 is 1.74 bits per heavy atom. The molecule has 5 rings (SSSR count). The Kier molecular flexibility index (Phi) is 6.65. The largest absolute Gasteiger partial charge is 0.379 e. The number of hydrogen-bond acceptors (Lipinski definition) is 5. The van der Waals surface area contributed by atoms with Crippen molar-refractivity contribution in [1.82, 2.24) is 19.6 Å². The van der Waals surface area contributed by atoms with Crippen molar-refractivity contribution in [2.24, 2.45) is 0 Å². The Morgan fingerprint density at radius 3 is 2.53 bits per heavy atom. The van der Waals surface area contributed by atoms with E-state index in [0.29, 0.717) is 13.1 Å². The molecule has 3 aromatic rings. The molecule has 7 nitrogen and oxygen atoms in total. The molecule has 1 saturated heterocycles. The van der Waals surface area contributed by atoms with Gasteiger partial charge in [-0.25, -0.2) is 0 Å². The molecule has 0 saturated carbocycles. The quantitative estimate of drug-likeness (QED) is 0.582. The normalized spacial score (nSPS) is 18.6. The molecule has 7 heteroatoms. The van der Waals surface area contributed by atoms with Crippen LogP contribution in [-0.4, -0.2) is 64.9 Å². The van der Waals surface area contributed by atoms with E-state index in [4.69, 9.17) is 9.84 Å². The van der Waals surface area contributed by atoms with Crippen LogP contribution < -0.4 is 5.32 Å². The van der Waals surface area contributed by atoms with Gasteiger partial charge in [0.2, 0.25) is 0 Å². The zero-order valence-electron chi connectivity index (χ0n) is 20.0. The lowest BCUT2D eigenvalue weighted by Gasteiger charge is -2.39. The fraction of sp³-hybridized carbons (Fsp3) is 0.407. The predicted molar refractivity (Wildman–Crippen MR) is 133 cm³/mol. The fourth-order valence-electron chi connectivity index (χ4n) is 5.06. The molecule has 178 valence electrons. The number of rotatable bonds is 7. The SMILES string of the molecule is Cc1nn(Cc2ccccc2)c(C)c1[C@@H]1Nc2ccccc2C(=O)N1CCCN1CCOCC1. The molecule has 0 aliphatic carbocycles. The second-order valence-corrected chi connectivity index (χ2v) is 9.13. The molecule has 1 atom stereocenters. The summed E-state index contributed by atoms with van der Waals surface area (Å²) in [5.41, 5.74) is 5.96. The van der Waals surface area contributed by atoms with Gasteiger partial charge in [0.05, 0.1) is 31.0 Å². The number of benzene rings is 2. The van der Waals surface area contributed by atoms with E-state index in [9.17, 15) is 4.79 Å². The van der Waals surface area contributed by atoms with E-state index in [0.717, 1.165) is 67.5 Å². The first-order valence-corrected chi connectivity index (χ1v) is 12.2. The maximum absolute atomic E-state index is 13.6. The summed E-state index contributed by atoms with van der Waals surface area (Å²) in [7, 11) is 0. The molecule has 3 heterocycles. The third-order valence-corrected chi connectivity index (χ3v) is 6.89. The van der Waals surface area contributed by atoms with E-state index in [1.165, 1.54) is 5.56 Å². The Balaban J connectivity index is 1.42. The van der Waals surface area contributed by atoms with Gasteiger partial charge in [-0.15, -0.1) is 0 Å². The van der Waals surface area contributed by atoms with Crippen LogP contribution in [0, 0.1) is 13.8 Å². The highest BCUT2D eigenvalue weighted by molar-refractivity contribution is 6.01. The molecule has 0 unspecified atom stereocenters. The van der Waals surface area contributed by atoms with Gasteiger partial charge in [0.1, 0.15) is 6.17 Å². The second-order valence-electron chi connectivity index (χ2n) is 9.13. The topological polar surface area (TPSA) is 62.6 Å². The third-order valence-electron chi connectivity index (χ3n) is 6.89. The first kappa shape index (κ1) is 22.6. The van der Waals surface area contributed by atoms with Crippen LogP contribution in [-0.2, 0) is 11.3 Å². The summed E-state index contributed by atoms with van der Waals surface area (Å²) in [4.78, 5) is 18.0. The smallest absolute Gasteiger partial charge is 0.257 e. The predicted octanol–water partition coefficient (Wildman–Crippen LogP) is 3.84. The zero-order chi connectivity index (χ0) is 23.5. The number of para-hydroxylation sites is 1. The highest BCUT2D eigenvalue weighted by Gasteiger charge is 2.35. The summed E-state index contributed by atoms with van der Waals surface area (Å²) in [6.45, 7) is 10.0. The second kappa shape index (κ2) is 9.99. The molecular formula is C27H33N5O2. The van der Waals surface area contributed by atoms with E-state index in [1.807, 2.05) is 42.2 Å². The Labute approximate surface area is 201 Å². The van der Waals surface area contributed by atoms with Crippen LogP contribution in [0.25, 0.3) is 0 Å². The molecule has 2 aromatic carbocycles. The van der Waals surface area contributed by atoms with Crippen LogP contribution in [0.5, 0.6) is 0 Å². The lowest BCUT2D eigenvalue weighted by atomic mass is 10.0.